The number of halogens is 1. The van der Waals surface area contributed by atoms with Gasteiger partial charge >= 0.3 is 0 Å². The van der Waals surface area contributed by atoms with E-state index in [1.54, 1.807) is 0 Å². The summed E-state index contributed by atoms with van der Waals surface area (Å²) in [6.07, 6.45) is 1.19. The highest BCUT2D eigenvalue weighted by Gasteiger charge is 2.45. The van der Waals surface area contributed by atoms with E-state index in [0.717, 1.165) is 18.9 Å². The summed E-state index contributed by atoms with van der Waals surface area (Å²) in [6.45, 7) is 0.724. The highest BCUT2D eigenvalue weighted by Crippen LogP contribution is 2.40. The number of aliphatic hydroxyl groups excluding tert-OH is 1. The molecule has 3 N–H and O–H groups in total. The SMILES string of the molecule is NCc1cc(S(=O)(=O)N2CC3CCC(O)C3C2)ccc1F. The number of sulfonamides is 1. The normalized spacial score (nSPS) is 29.8. The fourth-order valence-electron chi connectivity index (χ4n) is 3.41. The first-order valence-corrected chi connectivity index (χ1v) is 8.54. The van der Waals surface area contributed by atoms with Crippen LogP contribution in [0.2, 0.25) is 0 Å². The maximum Gasteiger partial charge on any atom is 0.243 e. The number of rotatable bonds is 3. The van der Waals surface area contributed by atoms with Crippen molar-refractivity contribution in [3.63, 3.8) is 0 Å². The molecule has 1 aromatic carbocycles. The minimum absolute atomic E-state index is 0.0224. The Labute approximate surface area is 123 Å². The van der Waals surface area contributed by atoms with Gasteiger partial charge in [0.15, 0.2) is 0 Å². The average Bonchev–Trinajstić information content (AvgIpc) is 3.02. The van der Waals surface area contributed by atoms with E-state index in [1.807, 2.05) is 0 Å². The number of fused-ring (bicyclic) bond motifs is 1. The lowest BCUT2D eigenvalue weighted by Gasteiger charge is -2.18. The third kappa shape index (κ3) is 2.48. The highest BCUT2D eigenvalue weighted by molar-refractivity contribution is 7.89. The van der Waals surface area contributed by atoms with E-state index < -0.39 is 21.9 Å². The smallest absolute Gasteiger partial charge is 0.243 e. The Balaban J connectivity index is 1.88. The van der Waals surface area contributed by atoms with Crippen LogP contribution >= 0.6 is 0 Å². The molecule has 0 spiro atoms. The van der Waals surface area contributed by atoms with E-state index in [-0.39, 0.29) is 28.8 Å². The molecule has 1 aliphatic heterocycles. The Morgan fingerprint density at radius 1 is 1.33 bits per heavy atom. The molecular formula is C14H19FN2O3S. The number of hydrogen-bond donors (Lipinski definition) is 2. The van der Waals surface area contributed by atoms with Crippen molar-refractivity contribution in [2.45, 2.75) is 30.4 Å². The zero-order chi connectivity index (χ0) is 15.2. The van der Waals surface area contributed by atoms with Crippen LogP contribution in [0.1, 0.15) is 18.4 Å². The van der Waals surface area contributed by atoms with Crippen LogP contribution in [0.5, 0.6) is 0 Å². The van der Waals surface area contributed by atoms with Gasteiger partial charge < -0.3 is 10.8 Å². The van der Waals surface area contributed by atoms with Gasteiger partial charge in [-0.05, 0) is 37.0 Å². The van der Waals surface area contributed by atoms with Gasteiger partial charge in [-0.2, -0.15) is 4.31 Å². The molecule has 5 nitrogen and oxygen atoms in total. The minimum Gasteiger partial charge on any atom is -0.393 e. The third-order valence-electron chi connectivity index (χ3n) is 4.66. The Hall–Kier alpha value is -1.02. The maximum atomic E-state index is 13.5. The summed E-state index contributed by atoms with van der Waals surface area (Å²) in [5, 5.41) is 9.88. The average molecular weight is 314 g/mol. The zero-order valence-corrected chi connectivity index (χ0v) is 12.4. The van der Waals surface area contributed by atoms with Crippen LogP contribution in [-0.2, 0) is 16.6 Å². The van der Waals surface area contributed by atoms with Crippen molar-refractivity contribution in [3.05, 3.63) is 29.6 Å². The molecule has 0 aromatic heterocycles. The highest BCUT2D eigenvalue weighted by atomic mass is 32.2. The molecule has 1 heterocycles. The van der Waals surface area contributed by atoms with Crippen LogP contribution in [0.3, 0.4) is 0 Å². The number of nitrogens with zero attached hydrogens (tertiary/aromatic N) is 1. The second kappa shape index (κ2) is 5.31. The number of aliphatic hydroxyl groups is 1. The third-order valence-corrected chi connectivity index (χ3v) is 6.49. The lowest BCUT2D eigenvalue weighted by molar-refractivity contribution is 0.129. The predicted molar refractivity (Wildman–Crippen MR) is 75.3 cm³/mol. The molecule has 116 valence electrons. The predicted octanol–water partition coefficient (Wildman–Crippen LogP) is 0.676. The van der Waals surface area contributed by atoms with E-state index in [4.69, 9.17) is 5.73 Å². The number of hydrogen-bond acceptors (Lipinski definition) is 4. The molecule has 1 aliphatic carbocycles. The summed E-state index contributed by atoms with van der Waals surface area (Å²) in [4.78, 5) is 0.0683. The molecule has 2 aliphatic rings. The Kier molecular flexibility index (Phi) is 3.77. The molecule has 0 radical (unpaired) electrons. The van der Waals surface area contributed by atoms with Gasteiger partial charge in [0.05, 0.1) is 11.0 Å². The first kappa shape index (κ1) is 14.9. The van der Waals surface area contributed by atoms with Gasteiger partial charge in [0.2, 0.25) is 10.0 Å². The summed E-state index contributed by atoms with van der Waals surface area (Å²) in [5.74, 6) is -0.247. The van der Waals surface area contributed by atoms with Gasteiger partial charge in [-0.3, -0.25) is 0 Å². The molecule has 1 saturated carbocycles. The van der Waals surface area contributed by atoms with Crippen LogP contribution in [0, 0.1) is 17.7 Å². The lowest BCUT2D eigenvalue weighted by Crippen LogP contribution is -2.31. The maximum absolute atomic E-state index is 13.5. The number of benzene rings is 1. The van der Waals surface area contributed by atoms with Gasteiger partial charge in [0.25, 0.3) is 0 Å². The second-order valence-corrected chi connectivity index (χ2v) is 7.79. The summed E-state index contributed by atoms with van der Waals surface area (Å²) in [7, 11) is -3.65. The van der Waals surface area contributed by atoms with Gasteiger partial charge in [-0.1, -0.05) is 0 Å². The van der Waals surface area contributed by atoms with E-state index >= 15 is 0 Å². The molecule has 0 amide bonds. The summed E-state index contributed by atoms with van der Waals surface area (Å²) >= 11 is 0. The van der Waals surface area contributed by atoms with E-state index in [0.29, 0.717) is 13.1 Å². The van der Waals surface area contributed by atoms with Crippen LogP contribution in [0.15, 0.2) is 23.1 Å². The second-order valence-electron chi connectivity index (χ2n) is 5.85. The molecule has 3 atom stereocenters. The van der Waals surface area contributed by atoms with Crippen molar-refractivity contribution in [1.29, 1.82) is 0 Å². The zero-order valence-electron chi connectivity index (χ0n) is 11.6. The first-order chi connectivity index (χ1) is 9.93. The molecule has 3 unspecified atom stereocenters. The summed E-state index contributed by atoms with van der Waals surface area (Å²) in [5.41, 5.74) is 5.62. The van der Waals surface area contributed by atoms with Crippen LogP contribution < -0.4 is 5.73 Å². The molecule has 7 heteroatoms. The first-order valence-electron chi connectivity index (χ1n) is 7.10. The van der Waals surface area contributed by atoms with Gasteiger partial charge in [-0.15, -0.1) is 0 Å². The van der Waals surface area contributed by atoms with Crippen molar-refractivity contribution in [2.24, 2.45) is 17.6 Å². The van der Waals surface area contributed by atoms with Gasteiger partial charge in [0, 0.05) is 31.1 Å². The van der Waals surface area contributed by atoms with E-state index in [1.165, 1.54) is 16.4 Å². The van der Waals surface area contributed by atoms with Crippen molar-refractivity contribution >= 4 is 10.0 Å². The topological polar surface area (TPSA) is 83.6 Å². The Bertz CT molecular complexity index is 650. The van der Waals surface area contributed by atoms with Gasteiger partial charge in [0.1, 0.15) is 5.82 Å². The molecular weight excluding hydrogens is 295 g/mol. The Morgan fingerprint density at radius 2 is 2.10 bits per heavy atom. The van der Waals surface area contributed by atoms with Crippen molar-refractivity contribution in [1.82, 2.24) is 4.31 Å². The summed E-state index contributed by atoms with van der Waals surface area (Å²) in [6, 6.07) is 3.71. The van der Waals surface area contributed by atoms with Crippen molar-refractivity contribution in [3.8, 4) is 0 Å². The molecule has 2 fully saturated rings. The van der Waals surface area contributed by atoms with Crippen LogP contribution in [0.4, 0.5) is 4.39 Å². The molecule has 3 rings (SSSR count). The van der Waals surface area contributed by atoms with Crippen molar-refractivity contribution in [2.75, 3.05) is 13.1 Å². The standard InChI is InChI=1S/C14H19FN2O3S/c15-13-3-2-11(5-10(13)6-16)21(19,20)17-7-9-1-4-14(18)12(9)8-17/h2-3,5,9,12,14,18H,1,4,6-8,16H2. The monoisotopic (exact) mass is 314 g/mol. The minimum atomic E-state index is -3.65. The lowest BCUT2D eigenvalue weighted by atomic mass is 10.00. The van der Waals surface area contributed by atoms with Gasteiger partial charge in [-0.25, -0.2) is 12.8 Å². The molecule has 1 aromatic rings. The molecule has 1 saturated heterocycles. The molecule has 0 bridgehead atoms. The largest absolute Gasteiger partial charge is 0.393 e. The summed E-state index contributed by atoms with van der Waals surface area (Å²) < 4.78 is 40.1. The van der Waals surface area contributed by atoms with E-state index in [9.17, 15) is 17.9 Å². The fraction of sp³-hybridized carbons (Fsp3) is 0.571. The van der Waals surface area contributed by atoms with E-state index in [2.05, 4.69) is 0 Å². The number of nitrogens with two attached hydrogens (primary N) is 1. The van der Waals surface area contributed by atoms with Crippen LogP contribution in [0.25, 0.3) is 0 Å². The quantitative estimate of drug-likeness (QED) is 0.859. The molecule has 21 heavy (non-hydrogen) atoms. The van der Waals surface area contributed by atoms with Crippen LogP contribution in [-0.4, -0.2) is 37.0 Å². The van der Waals surface area contributed by atoms with Crippen molar-refractivity contribution < 1.29 is 17.9 Å². The fourth-order valence-corrected chi connectivity index (χ4v) is 4.99. The Morgan fingerprint density at radius 3 is 2.76 bits per heavy atom.